The topological polar surface area (TPSA) is 58.1 Å². The molecular weight excluding hydrogens is 326 g/mol. The highest BCUT2D eigenvalue weighted by atomic mass is 19.1. The maximum absolute atomic E-state index is 13.7. The third kappa shape index (κ3) is 4.10. The molecule has 0 bridgehead atoms. The van der Waals surface area contributed by atoms with Gasteiger partial charge in [-0.25, -0.2) is 18.7 Å². The van der Waals surface area contributed by atoms with E-state index >= 15 is 0 Å². The quantitative estimate of drug-likeness (QED) is 0.927. The van der Waals surface area contributed by atoms with Crippen LogP contribution in [-0.4, -0.2) is 29.0 Å². The maximum Gasteiger partial charge on any atom is 0.229 e. The second-order valence-corrected chi connectivity index (χ2v) is 6.35. The largest absolute Gasteiger partial charge is 0.340 e. The first-order valence-electron chi connectivity index (χ1n) is 8.25. The Hall–Kier alpha value is -2.57. The Morgan fingerprint density at radius 1 is 1.20 bits per heavy atom. The van der Waals surface area contributed by atoms with Crippen LogP contribution in [0.15, 0.2) is 24.3 Å². The van der Waals surface area contributed by atoms with Gasteiger partial charge >= 0.3 is 0 Å². The molecule has 7 heteroatoms. The summed E-state index contributed by atoms with van der Waals surface area (Å²) in [6.07, 6.45) is 1.52. The number of rotatable bonds is 3. The van der Waals surface area contributed by atoms with Crippen LogP contribution in [0, 0.1) is 31.4 Å². The number of aromatic nitrogens is 2. The van der Waals surface area contributed by atoms with Crippen molar-refractivity contribution in [1.29, 1.82) is 0 Å². The zero-order valence-corrected chi connectivity index (χ0v) is 14.2. The van der Waals surface area contributed by atoms with Gasteiger partial charge in [0.2, 0.25) is 11.9 Å². The fourth-order valence-electron chi connectivity index (χ4n) is 3.05. The lowest BCUT2D eigenvalue weighted by molar-refractivity contribution is -0.120. The molecule has 1 aromatic carbocycles. The molecular formula is C18H20F2N4O. The highest BCUT2D eigenvalue weighted by Crippen LogP contribution is 2.23. The minimum atomic E-state index is -0.779. The van der Waals surface area contributed by atoms with Crippen LogP contribution in [0.4, 0.5) is 20.4 Å². The predicted octanol–water partition coefficient (Wildman–Crippen LogP) is 3.23. The molecule has 0 aliphatic carbocycles. The van der Waals surface area contributed by atoms with Crippen molar-refractivity contribution in [3.05, 3.63) is 47.3 Å². The predicted molar refractivity (Wildman–Crippen MR) is 91.4 cm³/mol. The molecule has 3 rings (SSSR count). The summed E-state index contributed by atoms with van der Waals surface area (Å²) in [6.45, 7) is 5.06. The number of carbonyl (C=O) groups is 1. The summed E-state index contributed by atoms with van der Waals surface area (Å²) in [5.74, 6) is -1.42. The lowest BCUT2D eigenvalue weighted by Gasteiger charge is -2.32. The second kappa shape index (κ2) is 7.13. The first-order valence-corrected chi connectivity index (χ1v) is 8.25. The van der Waals surface area contributed by atoms with E-state index in [1.165, 1.54) is 6.07 Å². The molecule has 1 aliphatic heterocycles. The van der Waals surface area contributed by atoms with Crippen LogP contribution < -0.4 is 10.2 Å². The Bertz CT molecular complexity index is 776. The zero-order valence-electron chi connectivity index (χ0n) is 14.2. The summed E-state index contributed by atoms with van der Waals surface area (Å²) in [5.41, 5.74) is 1.75. The van der Waals surface area contributed by atoms with Crippen molar-refractivity contribution in [2.75, 3.05) is 23.3 Å². The molecule has 1 saturated heterocycles. The van der Waals surface area contributed by atoms with Gasteiger partial charge in [0.05, 0.1) is 11.6 Å². The molecule has 2 aromatic rings. The number of aryl methyl sites for hydroxylation is 2. The molecule has 25 heavy (non-hydrogen) atoms. The van der Waals surface area contributed by atoms with E-state index in [-0.39, 0.29) is 17.5 Å². The molecule has 1 amide bonds. The number of nitrogens with zero attached hydrogens (tertiary/aromatic N) is 3. The lowest BCUT2D eigenvalue weighted by atomic mass is 9.97. The van der Waals surface area contributed by atoms with Gasteiger partial charge in [-0.2, -0.15) is 0 Å². The summed E-state index contributed by atoms with van der Waals surface area (Å²) in [5, 5.41) is 2.55. The van der Waals surface area contributed by atoms with E-state index in [9.17, 15) is 13.6 Å². The van der Waals surface area contributed by atoms with Gasteiger partial charge in [0, 0.05) is 30.5 Å². The van der Waals surface area contributed by atoms with Crippen LogP contribution in [0.2, 0.25) is 0 Å². The molecule has 5 nitrogen and oxygen atoms in total. The molecule has 0 unspecified atom stereocenters. The fraction of sp³-hybridized carbons (Fsp3) is 0.389. The average Bonchev–Trinajstić information content (AvgIpc) is 2.56. The second-order valence-electron chi connectivity index (χ2n) is 6.35. The Labute approximate surface area is 145 Å². The van der Waals surface area contributed by atoms with Crippen molar-refractivity contribution in [2.24, 2.45) is 5.92 Å². The van der Waals surface area contributed by atoms with Gasteiger partial charge in [-0.3, -0.25) is 4.79 Å². The van der Waals surface area contributed by atoms with Crippen LogP contribution in [0.25, 0.3) is 0 Å². The highest BCUT2D eigenvalue weighted by molar-refractivity contribution is 5.93. The van der Waals surface area contributed by atoms with E-state index < -0.39 is 11.6 Å². The normalized spacial score (nSPS) is 17.4. The van der Waals surface area contributed by atoms with Crippen molar-refractivity contribution < 1.29 is 13.6 Å². The number of benzene rings is 1. The molecule has 1 atom stereocenters. The average molecular weight is 346 g/mol. The summed E-state index contributed by atoms with van der Waals surface area (Å²) < 4.78 is 26.7. The summed E-state index contributed by atoms with van der Waals surface area (Å²) in [7, 11) is 0. The molecule has 2 heterocycles. The first kappa shape index (κ1) is 17.3. The third-order valence-electron chi connectivity index (χ3n) is 4.23. The lowest BCUT2D eigenvalue weighted by Crippen LogP contribution is -2.41. The van der Waals surface area contributed by atoms with Crippen molar-refractivity contribution in [2.45, 2.75) is 26.7 Å². The molecule has 1 aliphatic rings. The number of amides is 1. The number of halogens is 2. The van der Waals surface area contributed by atoms with E-state index in [1.54, 1.807) is 0 Å². The van der Waals surface area contributed by atoms with Gasteiger partial charge < -0.3 is 10.2 Å². The first-order chi connectivity index (χ1) is 11.9. The van der Waals surface area contributed by atoms with Gasteiger partial charge in [0.1, 0.15) is 11.6 Å². The number of nitrogens with one attached hydrogen (secondary N) is 1. The Kier molecular flexibility index (Phi) is 4.92. The molecule has 1 fully saturated rings. The molecule has 1 N–H and O–H groups in total. The van der Waals surface area contributed by atoms with E-state index in [0.29, 0.717) is 18.9 Å². The van der Waals surface area contributed by atoms with Gasteiger partial charge in [0.25, 0.3) is 0 Å². The number of carbonyl (C=O) groups excluding carboxylic acids is 1. The Morgan fingerprint density at radius 3 is 2.60 bits per heavy atom. The minimum Gasteiger partial charge on any atom is -0.340 e. The van der Waals surface area contributed by atoms with E-state index in [2.05, 4.69) is 15.3 Å². The third-order valence-corrected chi connectivity index (χ3v) is 4.23. The maximum atomic E-state index is 13.7. The van der Waals surface area contributed by atoms with Crippen LogP contribution in [0.1, 0.15) is 24.2 Å². The smallest absolute Gasteiger partial charge is 0.229 e. The van der Waals surface area contributed by atoms with Crippen LogP contribution >= 0.6 is 0 Å². The summed E-state index contributed by atoms with van der Waals surface area (Å²) in [4.78, 5) is 23.3. The van der Waals surface area contributed by atoms with E-state index in [4.69, 9.17) is 0 Å². The fourth-order valence-corrected chi connectivity index (χ4v) is 3.05. The van der Waals surface area contributed by atoms with Gasteiger partial charge in [-0.1, -0.05) is 0 Å². The van der Waals surface area contributed by atoms with E-state index in [1.807, 2.05) is 24.8 Å². The van der Waals surface area contributed by atoms with Crippen LogP contribution in [-0.2, 0) is 4.79 Å². The number of hydrogen-bond acceptors (Lipinski definition) is 4. The summed E-state index contributed by atoms with van der Waals surface area (Å²) in [6, 6.07) is 5.01. The molecule has 1 aromatic heterocycles. The SMILES string of the molecule is Cc1cc(C)nc(N2CCC[C@@H](C(=O)Nc3ccc(F)cc3F)C2)n1. The van der Waals surface area contributed by atoms with Crippen molar-refractivity contribution in [3.63, 3.8) is 0 Å². The minimum absolute atomic E-state index is 0.00817. The highest BCUT2D eigenvalue weighted by Gasteiger charge is 2.28. The molecule has 0 radical (unpaired) electrons. The van der Waals surface area contributed by atoms with Gasteiger partial charge in [-0.15, -0.1) is 0 Å². The zero-order chi connectivity index (χ0) is 18.0. The van der Waals surface area contributed by atoms with Crippen molar-refractivity contribution in [1.82, 2.24) is 9.97 Å². The van der Waals surface area contributed by atoms with Gasteiger partial charge in [-0.05, 0) is 44.9 Å². The summed E-state index contributed by atoms with van der Waals surface area (Å²) >= 11 is 0. The Balaban J connectivity index is 1.71. The molecule has 132 valence electrons. The standard InChI is InChI=1S/C18H20F2N4O/c1-11-8-12(2)22-18(21-11)24-7-3-4-13(10-24)17(25)23-16-6-5-14(19)9-15(16)20/h5-6,8-9,13H,3-4,7,10H2,1-2H3,(H,23,25)/t13-/m1/s1. The molecule has 0 saturated carbocycles. The van der Waals surface area contributed by atoms with Crippen LogP contribution in [0.5, 0.6) is 0 Å². The number of anilines is 2. The van der Waals surface area contributed by atoms with Crippen molar-refractivity contribution in [3.8, 4) is 0 Å². The number of hydrogen-bond donors (Lipinski definition) is 1. The van der Waals surface area contributed by atoms with Crippen LogP contribution in [0.3, 0.4) is 0 Å². The molecule has 0 spiro atoms. The number of piperidine rings is 1. The monoisotopic (exact) mass is 346 g/mol. The Morgan fingerprint density at radius 2 is 1.92 bits per heavy atom. The van der Waals surface area contributed by atoms with Gasteiger partial charge in [0.15, 0.2) is 0 Å². The van der Waals surface area contributed by atoms with E-state index in [0.717, 1.165) is 36.5 Å². The van der Waals surface area contributed by atoms with Crippen molar-refractivity contribution >= 4 is 17.5 Å².